The highest BCUT2D eigenvalue weighted by atomic mass is 17.1. The lowest BCUT2D eigenvalue weighted by Crippen LogP contribution is -2.13. The third-order valence-electron chi connectivity index (χ3n) is 1.54. The van der Waals surface area contributed by atoms with Crippen LogP contribution < -0.4 is 10.1 Å². The first-order chi connectivity index (χ1) is 6.36. The Kier molecular flexibility index (Phi) is 4.25. The van der Waals surface area contributed by atoms with Crippen LogP contribution in [-0.4, -0.2) is 19.0 Å². The van der Waals surface area contributed by atoms with E-state index < -0.39 is 0 Å². The minimum absolute atomic E-state index is 0.201. The lowest BCUT2D eigenvalue weighted by Gasteiger charge is -2.05. The predicted molar refractivity (Wildman–Crippen MR) is 48.4 cm³/mol. The summed E-state index contributed by atoms with van der Waals surface area (Å²) in [5.74, 6) is 0.788. The van der Waals surface area contributed by atoms with Crippen molar-refractivity contribution in [2.75, 3.05) is 13.8 Å². The third-order valence-corrected chi connectivity index (χ3v) is 1.54. The highest BCUT2D eigenvalue weighted by Gasteiger charge is 1.94. The largest absolute Gasteiger partial charge is 0.478 e. The molecule has 13 heavy (non-hydrogen) atoms. The molecular weight excluding hydrogens is 170 g/mol. The summed E-state index contributed by atoms with van der Waals surface area (Å²) in [5, 5.41) is 11.1. The zero-order valence-electron chi connectivity index (χ0n) is 7.49. The fourth-order valence-electron chi connectivity index (χ4n) is 0.912. The van der Waals surface area contributed by atoms with Gasteiger partial charge in [0.1, 0.15) is 19.1 Å². The molecule has 1 rings (SSSR count). The van der Waals surface area contributed by atoms with Crippen molar-refractivity contribution in [1.82, 2.24) is 5.32 Å². The number of nitrogens with one attached hydrogen (secondary N) is 1. The molecule has 0 aliphatic heterocycles. The quantitative estimate of drug-likeness (QED) is 0.409. The molecule has 0 unspecified atom stereocenters. The second-order valence-corrected chi connectivity index (χ2v) is 2.56. The molecule has 0 aromatic heterocycles. The summed E-state index contributed by atoms with van der Waals surface area (Å²) in [5.41, 5.74) is 0.902. The second kappa shape index (κ2) is 5.53. The molecular formula is C9H13NO3. The monoisotopic (exact) mass is 183 g/mol. The Morgan fingerprint density at radius 1 is 1.31 bits per heavy atom. The maximum absolute atomic E-state index is 8.19. The first kappa shape index (κ1) is 9.98. The van der Waals surface area contributed by atoms with E-state index in [4.69, 9.17) is 9.99 Å². The van der Waals surface area contributed by atoms with Crippen molar-refractivity contribution in [3.05, 3.63) is 29.8 Å². The molecule has 0 bridgehead atoms. The van der Waals surface area contributed by atoms with Gasteiger partial charge in [0.05, 0.1) is 0 Å². The van der Waals surface area contributed by atoms with E-state index in [0.717, 1.165) is 11.3 Å². The molecule has 0 saturated heterocycles. The fraction of sp³-hybridized carbons (Fsp3) is 0.333. The Morgan fingerprint density at radius 3 is 2.54 bits per heavy atom. The summed E-state index contributed by atoms with van der Waals surface area (Å²) in [4.78, 5) is 4.00. The maximum Gasteiger partial charge on any atom is 0.139 e. The van der Waals surface area contributed by atoms with E-state index in [-0.39, 0.29) is 6.61 Å². The summed E-state index contributed by atoms with van der Waals surface area (Å²) in [6.07, 6.45) is 0. The van der Waals surface area contributed by atoms with Crippen LogP contribution in [0.15, 0.2) is 24.3 Å². The molecule has 0 fully saturated rings. The van der Waals surface area contributed by atoms with Gasteiger partial charge in [-0.1, -0.05) is 12.1 Å². The molecule has 2 N–H and O–H groups in total. The number of ether oxygens (including phenoxy) is 1. The summed E-state index contributed by atoms with van der Waals surface area (Å²) in [7, 11) is 1.81. The normalized spacial score (nSPS) is 10.0. The van der Waals surface area contributed by atoms with Crippen molar-refractivity contribution < 1.29 is 14.9 Å². The average molecular weight is 183 g/mol. The van der Waals surface area contributed by atoms with Gasteiger partial charge < -0.3 is 4.74 Å². The molecule has 1 aromatic carbocycles. The van der Waals surface area contributed by atoms with Crippen molar-refractivity contribution in [3.8, 4) is 5.75 Å². The van der Waals surface area contributed by atoms with Crippen LogP contribution in [0.4, 0.5) is 0 Å². The first-order valence-corrected chi connectivity index (χ1v) is 3.99. The average Bonchev–Trinajstić information content (AvgIpc) is 2.17. The van der Waals surface area contributed by atoms with E-state index >= 15 is 0 Å². The van der Waals surface area contributed by atoms with Gasteiger partial charge in [0.2, 0.25) is 0 Å². The number of hydrogen-bond acceptors (Lipinski definition) is 4. The molecule has 72 valence electrons. The summed E-state index contributed by atoms with van der Waals surface area (Å²) < 4.78 is 5.27. The highest BCUT2D eigenvalue weighted by molar-refractivity contribution is 5.26. The summed E-state index contributed by atoms with van der Waals surface area (Å²) in [6, 6.07) is 7.32. The zero-order valence-corrected chi connectivity index (χ0v) is 7.49. The molecule has 0 radical (unpaired) electrons. The van der Waals surface area contributed by atoms with Crippen molar-refractivity contribution in [3.63, 3.8) is 0 Å². The van der Waals surface area contributed by atoms with Gasteiger partial charge in [0.15, 0.2) is 0 Å². The topological polar surface area (TPSA) is 50.7 Å². The molecule has 4 heteroatoms. The summed E-state index contributed by atoms with van der Waals surface area (Å²) in [6.45, 7) is 0.683. The van der Waals surface area contributed by atoms with E-state index in [1.54, 1.807) is 0 Å². The number of rotatable bonds is 5. The molecule has 0 heterocycles. The Morgan fingerprint density at radius 2 is 2.00 bits per heavy atom. The van der Waals surface area contributed by atoms with Gasteiger partial charge >= 0.3 is 0 Å². The van der Waals surface area contributed by atoms with Crippen LogP contribution in [0.3, 0.4) is 0 Å². The van der Waals surface area contributed by atoms with Crippen LogP contribution in [0, 0.1) is 0 Å². The first-order valence-electron chi connectivity index (χ1n) is 3.99. The molecule has 0 aliphatic carbocycles. The van der Waals surface area contributed by atoms with Crippen molar-refractivity contribution >= 4 is 0 Å². The van der Waals surface area contributed by atoms with E-state index in [1.807, 2.05) is 31.3 Å². The Labute approximate surface area is 77.0 Å². The molecule has 4 nitrogen and oxygen atoms in total. The molecule has 0 atom stereocenters. The van der Waals surface area contributed by atoms with E-state index in [9.17, 15) is 0 Å². The third kappa shape index (κ3) is 3.42. The molecule has 0 saturated carbocycles. The van der Waals surface area contributed by atoms with Crippen LogP contribution >= 0.6 is 0 Å². The number of hydrogen-bond donors (Lipinski definition) is 2. The van der Waals surface area contributed by atoms with Gasteiger partial charge in [-0.25, -0.2) is 4.89 Å². The van der Waals surface area contributed by atoms with Crippen LogP contribution in [0.1, 0.15) is 5.56 Å². The van der Waals surface area contributed by atoms with Crippen molar-refractivity contribution in [1.29, 1.82) is 0 Å². The van der Waals surface area contributed by atoms with Gasteiger partial charge in [0, 0.05) is 0 Å². The molecule has 0 spiro atoms. The smallest absolute Gasteiger partial charge is 0.139 e. The maximum atomic E-state index is 8.19. The lowest BCUT2D eigenvalue weighted by atomic mass is 10.2. The highest BCUT2D eigenvalue weighted by Crippen LogP contribution is 2.11. The Bertz CT molecular complexity index is 235. The standard InChI is InChI=1S/C9H13NO3/c1-10-7-12-9-4-2-8(3-5-9)6-13-11/h2-5,10-11H,6-7H2,1H3. The van der Waals surface area contributed by atoms with Gasteiger partial charge in [-0.05, 0) is 24.7 Å². The Balaban J connectivity index is 2.48. The van der Waals surface area contributed by atoms with E-state index in [2.05, 4.69) is 10.2 Å². The zero-order chi connectivity index (χ0) is 9.52. The molecule has 1 aromatic rings. The van der Waals surface area contributed by atoms with Crippen molar-refractivity contribution in [2.24, 2.45) is 0 Å². The minimum atomic E-state index is 0.201. The van der Waals surface area contributed by atoms with E-state index in [0.29, 0.717) is 6.73 Å². The van der Waals surface area contributed by atoms with Gasteiger partial charge in [-0.2, -0.15) is 0 Å². The van der Waals surface area contributed by atoms with Crippen molar-refractivity contribution in [2.45, 2.75) is 6.61 Å². The number of benzene rings is 1. The van der Waals surface area contributed by atoms with Crippen LogP contribution in [-0.2, 0) is 11.5 Å². The fourth-order valence-corrected chi connectivity index (χ4v) is 0.912. The van der Waals surface area contributed by atoms with Gasteiger partial charge in [-0.3, -0.25) is 10.6 Å². The Hall–Kier alpha value is -1.10. The van der Waals surface area contributed by atoms with Crippen LogP contribution in [0.25, 0.3) is 0 Å². The second-order valence-electron chi connectivity index (χ2n) is 2.56. The predicted octanol–water partition coefficient (Wildman–Crippen LogP) is 1.23. The van der Waals surface area contributed by atoms with E-state index in [1.165, 1.54) is 0 Å². The van der Waals surface area contributed by atoms with Gasteiger partial charge in [-0.15, -0.1) is 0 Å². The van der Waals surface area contributed by atoms with Crippen LogP contribution in [0.5, 0.6) is 5.75 Å². The summed E-state index contributed by atoms with van der Waals surface area (Å²) >= 11 is 0. The minimum Gasteiger partial charge on any atom is -0.478 e. The SMILES string of the molecule is CNCOc1ccc(COO)cc1. The lowest BCUT2D eigenvalue weighted by molar-refractivity contribution is -0.253. The molecule has 0 aliphatic rings. The van der Waals surface area contributed by atoms with Crippen LogP contribution in [0.2, 0.25) is 0 Å². The van der Waals surface area contributed by atoms with Gasteiger partial charge in [0.25, 0.3) is 0 Å². The molecule has 0 amide bonds.